The number of pyridine rings is 1. The number of ether oxygens (including phenoxy) is 1. The third-order valence-corrected chi connectivity index (χ3v) is 7.48. The summed E-state index contributed by atoms with van der Waals surface area (Å²) in [6.45, 7) is 8.19. The average Bonchev–Trinajstić information content (AvgIpc) is 3.71. The van der Waals surface area contributed by atoms with Gasteiger partial charge >= 0.3 is 0 Å². The van der Waals surface area contributed by atoms with Crippen molar-refractivity contribution in [2.45, 2.75) is 102 Å². The zero-order chi connectivity index (χ0) is 27.9. The van der Waals surface area contributed by atoms with Crippen LogP contribution in [-0.4, -0.2) is 60.1 Å². The SMILES string of the molecule is CCCCCCN[C@H](CN[C@@H](CCCC)C(=O)N[C@@H](Cc1ccccc1)C(=O)[C@@]1(C)CO1)Cc1ccncc1. The molecule has 39 heavy (non-hydrogen) atoms. The summed E-state index contributed by atoms with van der Waals surface area (Å²) in [6.07, 6.45) is 12.5. The van der Waals surface area contributed by atoms with Gasteiger partial charge in [-0.1, -0.05) is 76.3 Å². The molecular formula is C32H48N4O3. The van der Waals surface area contributed by atoms with Gasteiger partial charge in [0.25, 0.3) is 0 Å². The molecule has 0 bridgehead atoms. The molecule has 0 saturated carbocycles. The van der Waals surface area contributed by atoms with Crippen LogP contribution in [0.2, 0.25) is 0 Å². The lowest BCUT2D eigenvalue weighted by Crippen LogP contribution is -2.55. The number of carbonyl (C=O) groups excluding carboxylic acids is 2. The Balaban J connectivity index is 1.65. The number of aromatic nitrogens is 1. The number of nitrogens with one attached hydrogen (secondary N) is 3. The van der Waals surface area contributed by atoms with Crippen LogP contribution in [0, 0.1) is 0 Å². The molecule has 1 saturated heterocycles. The normalized spacial score (nSPS) is 18.7. The second-order valence-corrected chi connectivity index (χ2v) is 11.0. The van der Waals surface area contributed by atoms with E-state index in [1.54, 1.807) is 0 Å². The van der Waals surface area contributed by atoms with Crippen molar-refractivity contribution in [3.63, 3.8) is 0 Å². The highest BCUT2D eigenvalue weighted by atomic mass is 16.6. The number of hydrogen-bond donors (Lipinski definition) is 3. The van der Waals surface area contributed by atoms with E-state index in [0.29, 0.717) is 19.6 Å². The molecule has 3 rings (SSSR count). The second kappa shape index (κ2) is 16.5. The molecule has 0 aliphatic carbocycles. The van der Waals surface area contributed by atoms with Crippen molar-refractivity contribution in [2.75, 3.05) is 19.7 Å². The highest BCUT2D eigenvalue weighted by molar-refractivity contribution is 5.97. The zero-order valence-corrected chi connectivity index (χ0v) is 24.1. The zero-order valence-electron chi connectivity index (χ0n) is 24.1. The quantitative estimate of drug-likeness (QED) is 0.172. The summed E-state index contributed by atoms with van der Waals surface area (Å²) in [7, 11) is 0. The Bertz CT molecular complexity index is 981. The Morgan fingerprint density at radius 3 is 2.26 bits per heavy atom. The van der Waals surface area contributed by atoms with Crippen LogP contribution in [0.1, 0.15) is 76.8 Å². The van der Waals surface area contributed by atoms with Gasteiger partial charge in [-0.3, -0.25) is 14.6 Å². The number of unbranched alkanes of at least 4 members (excludes halogenated alkanes) is 4. The fourth-order valence-corrected chi connectivity index (χ4v) is 4.85. The van der Waals surface area contributed by atoms with Crippen LogP contribution in [0.25, 0.3) is 0 Å². The second-order valence-electron chi connectivity index (χ2n) is 11.0. The van der Waals surface area contributed by atoms with E-state index in [-0.39, 0.29) is 23.8 Å². The van der Waals surface area contributed by atoms with Crippen molar-refractivity contribution in [2.24, 2.45) is 0 Å². The summed E-state index contributed by atoms with van der Waals surface area (Å²) in [4.78, 5) is 31.0. The van der Waals surface area contributed by atoms with E-state index < -0.39 is 11.6 Å². The lowest BCUT2D eigenvalue weighted by molar-refractivity contribution is -0.131. The predicted molar refractivity (Wildman–Crippen MR) is 157 cm³/mol. The summed E-state index contributed by atoms with van der Waals surface area (Å²) in [5, 5.41) is 10.4. The Morgan fingerprint density at radius 2 is 1.59 bits per heavy atom. The first-order valence-electron chi connectivity index (χ1n) is 14.8. The third kappa shape index (κ3) is 10.8. The van der Waals surface area contributed by atoms with E-state index in [4.69, 9.17) is 4.74 Å². The fourth-order valence-electron chi connectivity index (χ4n) is 4.85. The first-order valence-corrected chi connectivity index (χ1v) is 14.8. The highest BCUT2D eigenvalue weighted by Gasteiger charge is 2.50. The molecule has 4 atom stereocenters. The minimum atomic E-state index is -0.795. The molecule has 2 heterocycles. The van der Waals surface area contributed by atoms with E-state index in [0.717, 1.165) is 44.2 Å². The number of ketones is 1. The summed E-state index contributed by atoms with van der Waals surface area (Å²) in [5.41, 5.74) is 1.44. The van der Waals surface area contributed by atoms with Crippen LogP contribution in [0.4, 0.5) is 0 Å². The first-order chi connectivity index (χ1) is 18.9. The lowest BCUT2D eigenvalue weighted by atomic mass is 9.94. The molecule has 3 N–H and O–H groups in total. The smallest absolute Gasteiger partial charge is 0.237 e. The van der Waals surface area contributed by atoms with Crippen molar-refractivity contribution in [1.29, 1.82) is 0 Å². The molecular weight excluding hydrogens is 488 g/mol. The maximum Gasteiger partial charge on any atom is 0.237 e. The Labute approximate surface area is 234 Å². The minimum Gasteiger partial charge on any atom is -0.361 e. The van der Waals surface area contributed by atoms with Crippen LogP contribution < -0.4 is 16.0 Å². The molecule has 0 spiro atoms. The Morgan fingerprint density at radius 1 is 0.897 bits per heavy atom. The number of rotatable bonds is 20. The third-order valence-electron chi connectivity index (χ3n) is 7.48. The maximum absolute atomic E-state index is 13.6. The van der Waals surface area contributed by atoms with E-state index in [2.05, 4.69) is 34.8 Å². The minimum absolute atomic E-state index is 0.0572. The number of epoxide rings is 1. The number of amides is 1. The van der Waals surface area contributed by atoms with Gasteiger partial charge in [0.05, 0.1) is 18.7 Å². The van der Waals surface area contributed by atoms with Crippen molar-refractivity contribution >= 4 is 11.7 Å². The van der Waals surface area contributed by atoms with E-state index >= 15 is 0 Å². The lowest BCUT2D eigenvalue weighted by Gasteiger charge is -2.26. The monoisotopic (exact) mass is 536 g/mol. The first kappa shape index (κ1) is 30.9. The van der Waals surface area contributed by atoms with E-state index in [9.17, 15) is 9.59 Å². The topological polar surface area (TPSA) is 95.6 Å². The van der Waals surface area contributed by atoms with Gasteiger partial charge in [0, 0.05) is 25.0 Å². The van der Waals surface area contributed by atoms with E-state index in [1.807, 2.05) is 61.8 Å². The Hall–Kier alpha value is -2.61. The number of hydrogen-bond acceptors (Lipinski definition) is 6. The van der Waals surface area contributed by atoms with Crippen LogP contribution in [0.5, 0.6) is 0 Å². The number of carbonyl (C=O) groups is 2. The van der Waals surface area contributed by atoms with Crippen LogP contribution in [0.15, 0.2) is 54.9 Å². The van der Waals surface area contributed by atoms with Gasteiger partial charge in [0.1, 0.15) is 5.60 Å². The number of nitrogens with zero attached hydrogens (tertiary/aromatic N) is 1. The molecule has 1 amide bonds. The molecule has 7 heteroatoms. The van der Waals surface area contributed by atoms with Gasteiger partial charge in [-0.25, -0.2) is 0 Å². The molecule has 214 valence electrons. The summed E-state index contributed by atoms with van der Waals surface area (Å²) in [6, 6.07) is 13.1. The number of Topliss-reactive ketones (excluding diaryl/α,β-unsaturated/α-hetero) is 1. The van der Waals surface area contributed by atoms with Crippen LogP contribution in [0.3, 0.4) is 0 Å². The van der Waals surface area contributed by atoms with Gasteiger partial charge in [0.15, 0.2) is 5.78 Å². The standard InChI is InChI=1S/C32H48N4O3/c1-4-6-8-12-18-34-27(21-26-16-19-33-20-17-26)23-35-28(15-7-5-2)31(38)36-29(30(37)32(3)24-39-32)22-25-13-10-9-11-14-25/h9-11,13-14,16-17,19-20,27-29,34-35H,4-8,12,15,18,21-24H2,1-3H3,(H,36,38)/t27-,28-,29-,32+/m0/s1. The molecule has 7 nitrogen and oxygen atoms in total. The van der Waals surface area contributed by atoms with Crippen molar-refractivity contribution in [1.82, 2.24) is 20.9 Å². The van der Waals surface area contributed by atoms with Crippen molar-refractivity contribution < 1.29 is 14.3 Å². The van der Waals surface area contributed by atoms with Gasteiger partial charge < -0.3 is 20.7 Å². The summed E-state index contributed by atoms with van der Waals surface area (Å²) >= 11 is 0. The Kier molecular flexibility index (Phi) is 13.1. The fraction of sp³-hybridized carbons (Fsp3) is 0.594. The van der Waals surface area contributed by atoms with E-state index in [1.165, 1.54) is 24.8 Å². The van der Waals surface area contributed by atoms with Crippen molar-refractivity contribution in [3.8, 4) is 0 Å². The molecule has 1 aromatic carbocycles. The van der Waals surface area contributed by atoms with Gasteiger partial charge in [0.2, 0.25) is 5.91 Å². The average molecular weight is 537 g/mol. The molecule has 1 fully saturated rings. The summed E-state index contributed by atoms with van der Waals surface area (Å²) in [5.74, 6) is -0.175. The number of benzene rings is 1. The van der Waals surface area contributed by atoms with Gasteiger partial charge in [-0.05, 0) is 62.4 Å². The van der Waals surface area contributed by atoms with Crippen LogP contribution >= 0.6 is 0 Å². The molecule has 0 unspecified atom stereocenters. The summed E-state index contributed by atoms with van der Waals surface area (Å²) < 4.78 is 5.45. The molecule has 1 aliphatic heterocycles. The van der Waals surface area contributed by atoms with Gasteiger partial charge in [-0.15, -0.1) is 0 Å². The van der Waals surface area contributed by atoms with Crippen molar-refractivity contribution in [3.05, 3.63) is 66.0 Å². The highest BCUT2D eigenvalue weighted by Crippen LogP contribution is 2.29. The molecule has 1 aliphatic rings. The molecule has 1 aromatic heterocycles. The predicted octanol–water partition coefficient (Wildman–Crippen LogP) is 4.40. The van der Waals surface area contributed by atoms with Gasteiger partial charge in [-0.2, -0.15) is 0 Å². The molecule has 0 radical (unpaired) electrons. The maximum atomic E-state index is 13.6. The van der Waals surface area contributed by atoms with Crippen LogP contribution in [-0.2, 0) is 27.2 Å². The largest absolute Gasteiger partial charge is 0.361 e. The molecule has 2 aromatic rings.